The molecule has 1 fully saturated rings. The summed E-state index contributed by atoms with van der Waals surface area (Å²) in [5, 5.41) is 0. The molecule has 4 amide bonds. The van der Waals surface area contributed by atoms with Crippen LogP contribution in [-0.4, -0.2) is 54.3 Å². The van der Waals surface area contributed by atoms with E-state index in [1.807, 2.05) is 18.2 Å². The van der Waals surface area contributed by atoms with Gasteiger partial charge >= 0.3 is 6.03 Å². The molecule has 0 radical (unpaired) electrons. The average molecular weight is 355 g/mol. The van der Waals surface area contributed by atoms with Crippen LogP contribution in [0, 0.1) is 0 Å². The number of barbiturate groups is 1. The summed E-state index contributed by atoms with van der Waals surface area (Å²) in [7, 11) is 4.85. The molecule has 0 aromatic heterocycles. The van der Waals surface area contributed by atoms with Crippen molar-refractivity contribution in [3.05, 3.63) is 34.9 Å². The van der Waals surface area contributed by atoms with Gasteiger partial charge in [0, 0.05) is 32.4 Å². The number of hydrogen-bond acceptors (Lipinski definition) is 4. The van der Waals surface area contributed by atoms with Crippen molar-refractivity contribution in [2.24, 2.45) is 0 Å². The summed E-state index contributed by atoms with van der Waals surface area (Å²) in [5.41, 5.74) is 3.24. The molecule has 1 aromatic carbocycles. The fraction of sp³-hybridized carbons (Fsp3) is 0.450. The monoisotopic (exact) mass is 355 g/mol. The van der Waals surface area contributed by atoms with Gasteiger partial charge in [0.25, 0.3) is 11.8 Å². The number of benzene rings is 1. The number of carbonyl (C=O) groups is 3. The summed E-state index contributed by atoms with van der Waals surface area (Å²) in [6.07, 6.45) is 2.60. The molecule has 1 unspecified atom stereocenters. The number of nitrogens with zero attached hydrogens (tertiary/aromatic N) is 3. The standard InChI is InChI=1S/C20H25N3O3/c1-12-11-20(2,3)23(6)16-8-7-13(9-14(12)16)10-15-17(24)21(4)19(26)22(5)18(15)25/h7-10,12H,11H2,1-6H3. The van der Waals surface area contributed by atoms with Crippen LogP contribution in [0.3, 0.4) is 0 Å². The van der Waals surface area contributed by atoms with Gasteiger partial charge in [-0.05, 0) is 55.5 Å². The smallest absolute Gasteiger partial charge is 0.333 e. The number of carbonyl (C=O) groups excluding carboxylic acids is 3. The van der Waals surface area contributed by atoms with E-state index in [0.717, 1.165) is 21.8 Å². The van der Waals surface area contributed by atoms with E-state index in [-0.39, 0.29) is 11.1 Å². The van der Waals surface area contributed by atoms with E-state index in [2.05, 4.69) is 32.7 Å². The van der Waals surface area contributed by atoms with E-state index >= 15 is 0 Å². The maximum Gasteiger partial charge on any atom is 0.333 e. The van der Waals surface area contributed by atoms with Crippen LogP contribution in [0.2, 0.25) is 0 Å². The summed E-state index contributed by atoms with van der Waals surface area (Å²) in [4.78, 5) is 40.8. The molecule has 2 aliphatic heterocycles. The van der Waals surface area contributed by atoms with Gasteiger partial charge in [0.2, 0.25) is 0 Å². The number of hydrogen-bond donors (Lipinski definition) is 0. The molecular formula is C20H25N3O3. The van der Waals surface area contributed by atoms with Gasteiger partial charge < -0.3 is 4.90 Å². The van der Waals surface area contributed by atoms with E-state index in [0.29, 0.717) is 5.92 Å². The highest BCUT2D eigenvalue weighted by Gasteiger charge is 2.38. The predicted octanol–water partition coefficient (Wildman–Crippen LogP) is 2.84. The van der Waals surface area contributed by atoms with Gasteiger partial charge in [-0.3, -0.25) is 19.4 Å². The quantitative estimate of drug-likeness (QED) is 0.574. The Kier molecular flexibility index (Phi) is 4.17. The zero-order chi connectivity index (χ0) is 19.4. The molecule has 6 nitrogen and oxygen atoms in total. The minimum atomic E-state index is -0.611. The first-order valence-corrected chi connectivity index (χ1v) is 8.74. The van der Waals surface area contributed by atoms with E-state index < -0.39 is 17.8 Å². The first-order chi connectivity index (χ1) is 12.0. The summed E-state index contributed by atoms with van der Waals surface area (Å²) < 4.78 is 0. The Morgan fingerprint density at radius 2 is 1.62 bits per heavy atom. The number of fused-ring (bicyclic) bond motifs is 1. The van der Waals surface area contributed by atoms with Crippen molar-refractivity contribution in [1.29, 1.82) is 0 Å². The number of urea groups is 1. The second-order valence-electron chi connectivity index (χ2n) is 7.86. The molecular weight excluding hydrogens is 330 g/mol. The Morgan fingerprint density at radius 3 is 2.19 bits per heavy atom. The number of rotatable bonds is 1. The van der Waals surface area contributed by atoms with Gasteiger partial charge in [0.1, 0.15) is 5.57 Å². The molecule has 0 saturated carbocycles. The molecule has 0 bridgehead atoms. The third-order valence-electron chi connectivity index (χ3n) is 5.61. The molecule has 26 heavy (non-hydrogen) atoms. The maximum absolute atomic E-state index is 12.4. The fourth-order valence-corrected chi connectivity index (χ4v) is 3.83. The lowest BCUT2D eigenvalue weighted by molar-refractivity contribution is -0.134. The van der Waals surface area contributed by atoms with E-state index in [1.54, 1.807) is 6.08 Å². The third kappa shape index (κ3) is 2.69. The minimum Gasteiger partial charge on any atom is -0.369 e. The highest BCUT2D eigenvalue weighted by atomic mass is 16.2. The molecule has 2 heterocycles. The number of likely N-dealkylation sites (N-methyl/N-ethyl adjacent to an activating group) is 2. The minimum absolute atomic E-state index is 0.00620. The Morgan fingerprint density at radius 1 is 1.04 bits per heavy atom. The molecule has 6 heteroatoms. The SMILES string of the molecule is CC1CC(C)(C)N(C)c2ccc(C=C3C(=O)N(C)C(=O)N(C)C3=O)cc21. The zero-order valence-corrected chi connectivity index (χ0v) is 16.2. The van der Waals surface area contributed by atoms with Crippen LogP contribution in [0.25, 0.3) is 6.08 Å². The molecule has 0 spiro atoms. The molecule has 1 atom stereocenters. The van der Waals surface area contributed by atoms with Crippen molar-refractivity contribution in [3.8, 4) is 0 Å². The van der Waals surface area contributed by atoms with Crippen molar-refractivity contribution >= 4 is 29.6 Å². The second kappa shape index (κ2) is 5.97. The molecule has 1 saturated heterocycles. The third-order valence-corrected chi connectivity index (χ3v) is 5.61. The zero-order valence-electron chi connectivity index (χ0n) is 16.2. The first-order valence-electron chi connectivity index (χ1n) is 8.74. The van der Waals surface area contributed by atoms with Gasteiger partial charge in [0.15, 0.2) is 0 Å². The lowest BCUT2D eigenvalue weighted by Crippen LogP contribution is -2.52. The highest BCUT2D eigenvalue weighted by Crippen LogP contribution is 2.42. The molecule has 2 aliphatic rings. The number of imide groups is 2. The van der Waals surface area contributed by atoms with Crippen molar-refractivity contribution in [2.75, 3.05) is 26.0 Å². The lowest BCUT2D eigenvalue weighted by Gasteiger charge is -2.45. The van der Waals surface area contributed by atoms with Crippen LogP contribution in [0.4, 0.5) is 10.5 Å². The van der Waals surface area contributed by atoms with Gasteiger partial charge in [-0.15, -0.1) is 0 Å². The Labute approximate surface area is 154 Å². The summed E-state index contributed by atoms with van der Waals surface area (Å²) in [6, 6.07) is 5.37. The van der Waals surface area contributed by atoms with Gasteiger partial charge in [-0.2, -0.15) is 0 Å². The van der Waals surface area contributed by atoms with Crippen LogP contribution in [0.1, 0.15) is 44.2 Å². The molecule has 0 N–H and O–H groups in total. The second-order valence-corrected chi connectivity index (χ2v) is 7.86. The van der Waals surface area contributed by atoms with Crippen LogP contribution in [-0.2, 0) is 9.59 Å². The van der Waals surface area contributed by atoms with Gasteiger partial charge in [-0.25, -0.2) is 4.79 Å². The summed E-state index contributed by atoms with van der Waals surface area (Å²) in [5.74, 6) is -0.761. The van der Waals surface area contributed by atoms with E-state index in [9.17, 15) is 14.4 Å². The van der Waals surface area contributed by atoms with Crippen molar-refractivity contribution in [3.63, 3.8) is 0 Å². The van der Waals surface area contributed by atoms with Gasteiger partial charge in [-0.1, -0.05) is 13.0 Å². The topological polar surface area (TPSA) is 60.9 Å². The van der Waals surface area contributed by atoms with Crippen molar-refractivity contribution in [2.45, 2.75) is 38.6 Å². The molecule has 1 aromatic rings. The van der Waals surface area contributed by atoms with Crippen molar-refractivity contribution < 1.29 is 14.4 Å². The largest absolute Gasteiger partial charge is 0.369 e. The molecule has 138 valence electrons. The summed E-state index contributed by atoms with van der Waals surface area (Å²) in [6.45, 7) is 6.65. The predicted molar refractivity (Wildman–Crippen MR) is 101 cm³/mol. The van der Waals surface area contributed by atoms with Crippen LogP contribution in [0.5, 0.6) is 0 Å². The van der Waals surface area contributed by atoms with E-state index in [4.69, 9.17) is 0 Å². The van der Waals surface area contributed by atoms with Crippen LogP contribution in [0.15, 0.2) is 23.8 Å². The Balaban J connectivity index is 2.03. The molecule has 0 aliphatic carbocycles. The lowest BCUT2D eigenvalue weighted by atomic mass is 9.80. The number of amides is 4. The highest BCUT2D eigenvalue weighted by molar-refractivity contribution is 6.30. The normalized spacial score (nSPS) is 22.7. The maximum atomic E-state index is 12.4. The number of anilines is 1. The fourth-order valence-electron chi connectivity index (χ4n) is 3.83. The van der Waals surface area contributed by atoms with Crippen LogP contribution < -0.4 is 4.90 Å². The van der Waals surface area contributed by atoms with E-state index in [1.165, 1.54) is 25.3 Å². The first kappa shape index (κ1) is 18.2. The molecule has 3 rings (SSSR count). The Bertz CT molecular complexity index is 815. The average Bonchev–Trinajstić information content (AvgIpc) is 2.60. The Hall–Kier alpha value is -2.63. The van der Waals surface area contributed by atoms with Crippen LogP contribution >= 0.6 is 0 Å². The summed E-state index contributed by atoms with van der Waals surface area (Å²) >= 11 is 0. The van der Waals surface area contributed by atoms with Gasteiger partial charge in [0.05, 0.1) is 0 Å². The van der Waals surface area contributed by atoms with Crippen molar-refractivity contribution in [1.82, 2.24) is 9.80 Å².